The van der Waals surface area contributed by atoms with Crippen molar-refractivity contribution in [3.63, 3.8) is 0 Å². The number of aliphatic hydroxyl groups excluding tert-OH is 2. The molecule has 0 spiro atoms. The summed E-state index contributed by atoms with van der Waals surface area (Å²) in [6.45, 7) is 6.45. The number of rotatable bonds is 44. The zero-order valence-electron chi connectivity index (χ0n) is 37.1. The molecule has 0 aromatic rings. The van der Waals surface area contributed by atoms with E-state index in [9.17, 15) is 19.8 Å². The van der Waals surface area contributed by atoms with Crippen LogP contribution in [0.2, 0.25) is 0 Å². The normalized spacial score (nSPS) is 13.3. The molecule has 3 atom stereocenters. The fraction of sp³-hybridized carbons (Fsp3) is 0.918. The first-order chi connectivity index (χ1) is 27.0. The van der Waals surface area contributed by atoms with Crippen molar-refractivity contribution in [1.82, 2.24) is 5.32 Å². The lowest BCUT2D eigenvalue weighted by Gasteiger charge is -2.24. The third-order valence-electron chi connectivity index (χ3n) is 11.3. The van der Waals surface area contributed by atoms with Crippen LogP contribution >= 0.6 is 0 Å². The Bertz CT molecular complexity index is 832. The van der Waals surface area contributed by atoms with Crippen LogP contribution in [0.3, 0.4) is 0 Å². The van der Waals surface area contributed by atoms with Crippen molar-refractivity contribution in [2.45, 2.75) is 283 Å². The van der Waals surface area contributed by atoms with E-state index in [0.29, 0.717) is 19.3 Å². The van der Waals surface area contributed by atoms with E-state index in [1.807, 2.05) is 0 Å². The molecule has 0 bridgehead atoms. The van der Waals surface area contributed by atoms with E-state index in [1.54, 1.807) is 0 Å². The predicted molar refractivity (Wildman–Crippen MR) is 237 cm³/mol. The maximum Gasteiger partial charge on any atom is 0.306 e. The molecule has 0 aromatic carbocycles. The summed E-state index contributed by atoms with van der Waals surface area (Å²) in [5.41, 5.74) is 0. The van der Waals surface area contributed by atoms with Gasteiger partial charge in [-0.05, 0) is 51.4 Å². The average Bonchev–Trinajstić information content (AvgIpc) is 3.18. The Morgan fingerprint density at radius 3 is 1.33 bits per heavy atom. The highest BCUT2D eigenvalue weighted by Crippen LogP contribution is 2.18. The van der Waals surface area contributed by atoms with Gasteiger partial charge in [-0.1, -0.05) is 213 Å². The molecule has 3 unspecified atom stereocenters. The Balaban J connectivity index is 4.48. The summed E-state index contributed by atoms with van der Waals surface area (Å²) in [5, 5.41) is 23.6. The van der Waals surface area contributed by atoms with Crippen LogP contribution < -0.4 is 5.32 Å². The number of carbonyl (C=O) groups excluding carboxylic acids is 2. The number of allylic oxidation sites excluding steroid dienone is 2. The summed E-state index contributed by atoms with van der Waals surface area (Å²) in [7, 11) is 0. The lowest BCUT2D eigenvalue weighted by Crippen LogP contribution is -2.46. The zero-order chi connectivity index (χ0) is 40.3. The van der Waals surface area contributed by atoms with Gasteiger partial charge in [-0.25, -0.2) is 0 Å². The van der Waals surface area contributed by atoms with Crippen molar-refractivity contribution in [1.29, 1.82) is 0 Å². The van der Waals surface area contributed by atoms with E-state index >= 15 is 0 Å². The molecule has 55 heavy (non-hydrogen) atoms. The Kier molecular flexibility index (Phi) is 42.6. The fourth-order valence-corrected chi connectivity index (χ4v) is 7.60. The molecule has 6 heteroatoms. The van der Waals surface area contributed by atoms with Gasteiger partial charge in [-0.2, -0.15) is 0 Å². The summed E-state index contributed by atoms with van der Waals surface area (Å²) >= 11 is 0. The van der Waals surface area contributed by atoms with Gasteiger partial charge in [0.2, 0.25) is 5.91 Å². The summed E-state index contributed by atoms with van der Waals surface area (Å²) in [6.07, 6.45) is 47.0. The lowest BCUT2D eigenvalue weighted by atomic mass is 10.0. The van der Waals surface area contributed by atoms with Gasteiger partial charge in [-0.3, -0.25) is 9.59 Å². The highest BCUT2D eigenvalue weighted by Gasteiger charge is 2.24. The molecule has 0 fully saturated rings. The minimum atomic E-state index is -0.783. The van der Waals surface area contributed by atoms with Gasteiger partial charge in [-0.15, -0.1) is 0 Å². The molecule has 0 radical (unpaired) electrons. The third-order valence-corrected chi connectivity index (χ3v) is 11.3. The number of aliphatic hydroxyl groups is 2. The first-order valence-corrected chi connectivity index (χ1v) is 24.4. The molecule has 0 aliphatic heterocycles. The first-order valence-electron chi connectivity index (χ1n) is 24.4. The highest BCUT2D eigenvalue weighted by atomic mass is 16.5. The molecular weight excluding hydrogens is 683 g/mol. The summed E-state index contributed by atoms with van der Waals surface area (Å²) in [5.74, 6) is -0.478. The monoisotopic (exact) mass is 778 g/mol. The van der Waals surface area contributed by atoms with Gasteiger partial charge in [0.1, 0.15) is 6.10 Å². The lowest BCUT2D eigenvalue weighted by molar-refractivity contribution is -0.151. The van der Waals surface area contributed by atoms with Crippen molar-refractivity contribution in [2.75, 3.05) is 6.61 Å². The Morgan fingerprint density at radius 1 is 0.509 bits per heavy atom. The second kappa shape index (κ2) is 43.7. The maximum atomic E-state index is 13.1. The van der Waals surface area contributed by atoms with Crippen molar-refractivity contribution in [3.8, 4) is 0 Å². The number of hydrogen-bond acceptors (Lipinski definition) is 5. The standard InChI is InChI=1S/C49H95NO5/c1-4-7-10-13-16-19-22-23-24-25-26-27-30-33-36-39-42-49(54)55-45(40-37-34-31-28-20-17-14-11-8-5-2)43-48(53)50-46(44-51)47(52)41-38-35-32-29-21-18-15-12-9-6-3/h17,20,45-47,51-52H,4-16,18-19,21-44H2,1-3H3,(H,50,53)/b20-17-. The van der Waals surface area contributed by atoms with E-state index in [0.717, 1.165) is 64.2 Å². The van der Waals surface area contributed by atoms with Crippen LogP contribution in [0.15, 0.2) is 12.2 Å². The van der Waals surface area contributed by atoms with E-state index in [-0.39, 0.29) is 24.9 Å². The topological polar surface area (TPSA) is 95.9 Å². The fourth-order valence-electron chi connectivity index (χ4n) is 7.60. The van der Waals surface area contributed by atoms with E-state index in [2.05, 4.69) is 38.2 Å². The molecule has 0 rings (SSSR count). The van der Waals surface area contributed by atoms with Crippen molar-refractivity contribution in [2.24, 2.45) is 0 Å². The van der Waals surface area contributed by atoms with Crippen LogP contribution in [0.25, 0.3) is 0 Å². The van der Waals surface area contributed by atoms with Gasteiger partial charge in [0.05, 0.1) is 25.2 Å². The molecule has 0 aliphatic carbocycles. The molecular formula is C49H95NO5. The van der Waals surface area contributed by atoms with Crippen LogP contribution in [0.5, 0.6) is 0 Å². The highest BCUT2D eigenvalue weighted by molar-refractivity contribution is 5.77. The van der Waals surface area contributed by atoms with Crippen LogP contribution in [0.4, 0.5) is 0 Å². The SMILES string of the molecule is CCCCC/C=C\CCCCCC(CC(=O)NC(CO)C(O)CCCCCCCCCCCC)OC(=O)CCCCCCCCCCCCCCCCCC. The van der Waals surface area contributed by atoms with Gasteiger partial charge < -0.3 is 20.3 Å². The minimum Gasteiger partial charge on any atom is -0.462 e. The molecule has 0 saturated carbocycles. The number of ether oxygens (including phenoxy) is 1. The Labute approximate surface area is 342 Å². The van der Waals surface area contributed by atoms with Crippen LogP contribution in [0.1, 0.15) is 265 Å². The summed E-state index contributed by atoms with van der Waals surface area (Å²) in [6, 6.07) is -0.698. The van der Waals surface area contributed by atoms with E-state index < -0.39 is 18.2 Å². The van der Waals surface area contributed by atoms with Crippen LogP contribution in [0, 0.1) is 0 Å². The van der Waals surface area contributed by atoms with Crippen molar-refractivity contribution < 1.29 is 24.5 Å². The smallest absolute Gasteiger partial charge is 0.306 e. The number of hydrogen-bond donors (Lipinski definition) is 3. The van der Waals surface area contributed by atoms with Crippen molar-refractivity contribution in [3.05, 3.63) is 12.2 Å². The van der Waals surface area contributed by atoms with Gasteiger partial charge in [0.25, 0.3) is 0 Å². The van der Waals surface area contributed by atoms with E-state index in [4.69, 9.17) is 4.74 Å². The molecule has 0 aliphatic rings. The molecule has 6 nitrogen and oxygen atoms in total. The summed E-state index contributed by atoms with van der Waals surface area (Å²) in [4.78, 5) is 26.0. The molecule has 0 saturated heterocycles. The quantitative estimate of drug-likeness (QED) is 0.0325. The number of amides is 1. The van der Waals surface area contributed by atoms with Crippen LogP contribution in [-0.4, -0.2) is 46.9 Å². The minimum absolute atomic E-state index is 0.0729. The second-order valence-corrected chi connectivity index (χ2v) is 16.9. The molecule has 0 aromatic heterocycles. The average molecular weight is 778 g/mol. The Morgan fingerprint density at radius 2 is 0.873 bits per heavy atom. The zero-order valence-corrected chi connectivity index (χ0v) is 37.1. The van der Waals surface area contributed by atoms with E-state index in [1.165, 1.54) is 154 Å². The predicted octanol–water partition coefficient (Wildman–Crippen LogP) is 14.2. The third kappa shape index (κ3) is 39.2. The first kappa shape index (κ1) is 53.6. The molecule has 1 amide bonds. The largest absolute Gasteiger partial charge is 0.462 e. The number of esters is 1. The Hall–Kier alpha value is -1.40. The van der Waals surface area contributed by atoms with Gasteiger partial charge in [0.15, 0.2) is 0 Å². The van der Waals surface area contributed by atoms with Gasteiger partial charge in [0, 0.05) is 6.42 Å². The number of carbonyl (C=O) groups is 2. The van der Waals surface area contributed by atoms with Crippen molar-refractivity contribution >= 4 is 11.9 Å². The maximum absolute atomic E-state index is 13.1. The molecule has 326 valence electrons. The molecule has 3 N–H and O–H groups in total. The summed E-state index contributed by atoms with van der Waals surface area (Å²) < 4.78 is 5.90. The van der Waals surface area contributed by atoms with Crippen LogP contribution in [-0.2, 0) is 14.3 Å². The number of nitrogens with one attached hydrogen (secondary N) is 1. The van der Waals surface area contributed by atoms with Gasteiger partial charge >= 0.3 is 5.97 Å². The molecule has 0 heterocycles. The number of unbranched alkanes of at least 4 members (excludes halogenated alkanes) is 30. The second-order valence-electron chi connectivity index (χ2n) is 16.9.